The monoisotopic (exact) mass is 337 g/mol. The average Bonchev–Trinajstić information content (AvgIpc) is 2.52. The van der Waals surface area contributed by atoms with Crippen molar-refractivity contribution in [3.05, 3.63) is 65.2 Å². The van der Waals surface area contributed by atoms with E-state index in [-0.39, 0.29) is 23.0 Å². The maximum Gasteiger partial charge on any atom is 0.221 e. The van der Waals surface area contributed by atoms with E-state index in [1.54, 1.807) is 36.4 Å². The van der Waals surface area contributed by atoms with Crippen molar-refractivity contribution in [1.29, 1.82) is 0 Å². The Kier molecular flexibility index (Phi) is 5.57. The highest BCUT2D eigenvalue weighted by molar-refractivity contribution is 7.91. The summed E-state index contributed by atoms with van der Waals surface area (Å²) in [6.45, 7) is 0.324. The second-order valence-corrected chi connectivity index (χ2v) is 7.33. The fourth-order valence-electron chi connectivity index (χ4n) is 1.91. The number of amides is 1. The molecular formula is C16H16ClNO3S. The van der Waals surface area contributed by atoms with E-state index in [0.29, 0.717) is 11.6 Å². The number of carbonyl (C=O) groups is 1. The molecule has 0 aliphatic rings. The molecule has 0 unspecified atom stereocenters. The van der Waals surface area contributed by atoms with Crippen LogP contribution in [0.1, 0.15) is 12.0 Å². The van der Waals surface area contributed by atoms with Crippen LogP contribution in [0.25, 0.3) is 0 Å². The zero-order valence-corrected chi connectivity index (χ0v) is 13.4. The summed E-state index contributed by atoms with van der Waals surface area (Å²) in [6.07, 6.45) is -0.0716. The molecule has 0 heterocycles. The predicted molar refractivity (Wildman–Crippen MR) is 86.4 cm³/mol. The summed E-state index contributed by atoms with van der Waals surface area (Å²) in [4.78, 5) is 12.0. The molecule has 116 valence electrons. The highest BCUT2D eigenvalue weighted by Crippen LogP contribution is 2.12. The lowest BCUT2D eigenvalue weighted by atomic mass is 10.2. The van der Waals surface area contributed by atoms with Crippen molar-refractivity contribution < 1.29 is 13.2 Å². The van der Waals surface area contributed by atoms with Crippen LogP contribution < -0.4 is 5.32 Å². The summed E-state index contributed by atoms with van der Waals surface area (Å²) in [6, 6.07) is 15.3. The van der Waals surface area contributed by atoms with Gasteiger partial charge >= 0.3 is 0 Å². The molecule has 0 spiro atoms. The van der Waals surface area contributed by atoms with Gasteiger partial charge in [-0.3, -0.25) is 4.79 Å². The number of hydrogen-bond donors (Lipinski definition) is 1. The molecule has 2 aromatic rings. The highest BCUT2D eigenvalue weighted by atomic mass is 35.5. The Morgan fingerprint density at radius 3 is 2.45 bits per heavy atom. The minimum atomic E-state index is -3.43. The largest absolute Gasteiger partial charge is 0.352 e. The van der Waals surface area contributed by atoms with Crippen LogP contribution in [0.5, 0.6) is 0 Å². The molecule has 2 aromatic carbocycles. The van der Waals surface area contributed by atoms with Gasteiger partial charge in [-0.1, -0.05) is 41.9 Å². The van der Waals surface area contributed by atoms with Gasteiger partial charge in [0.1, 0.15) is 0 Å². The quantitative estimate of drug-likeness (QED) is 0.881. The molecule has 1 amide bonds. The van der Waals surface area contributed by atoms with Crippen molar-refractivity contribution in [2.24, 2.45) is 0 Å². The zero-order chi connectivity index (χ0) is 16.0. The summed E-state index contributed by atoms with van der Waals surface area (Å²) in [5.41, 5.74) is 0.867. The molecule has 0 atom stereocenters. The van der Waals surface area contributed by atoms with E-state index < -0.39 is 9.84 Å². The lowest BCUT2D eigenvalue weighted by Gasteiger charge is -2.07. The van der Waals surface area contributed by atoms with Gasteiger partial charge in [0.15, 0.2) is 9.84 Å². The number of benzene rings is 2. The summed E-state index contributed by atoms with van der Waals surface area (Å²) in [5.74, 6) is -0.516. The van der Waals surface area contributed by atoms with E-state index in [1.165, 1.54) is 12.1 Å². The second-order valence-electron chi connectivity index (χ2n) is 4.79. The lowest BCUT2D eigenvalue weighted by molar-refractivity contribution is -0.120. The maximum absolute atomic E-state index is 12.1. The summed E-state index contributed by atoms with van der Waals surface area (Å²) in [5, 5.41) is 3.28. The SMILES string of the molecule is O=C(CCS(=O)(=O)c1ccccc1)NCc1cccc(Cl)c1. The minimum absolute atomic E-state index is 0.0716. The molecule has 1 N–H and O–H groups in total. The summed E-state index contributed by atoms with van der Waals surface area (Å²) in [7, 11) is -3.43. The van der Waals surface area contributed by atoms with E-state index in [2.05, 4.69) is 5.32 Å². The first kappa shape index (κ1) is 16.5. The first-order chi connectivity index (χ1) is 10.5. The van der Waals surface area contributed by atoms with Gasteiger partial charge in [0.05, 0.1) is 10.6 Å². The molecule has 0 fully saturated rings. The van der Waals surface area contributed by atoms with Gasteiger partial charge in [-0.05, 0) is 29.8 Å². The van der Waals surface area contributed by atoms with Crippen molar-refractivity contribution in [1.82, 2.24) is 5.32 Å². The number of rotatable bonds is 6. The van der Waals surface area contributed by atoms with Gasteiger partial charge in [-0.25, -0.2) is 8.42 Å². The molecule has 0 bridgehead atoms. The van der Waals surface area contributed by atoms with Crippen LogP contribution in [-0.4, -0.2) is 20.1 Å². The number of hydrogen-bond acceptors (Lipinski definition) is 3. The Labute approximate surface area is 135 Å². The standard InChI is InChI=1S/C16H16ClNO3S/c17-14-6-4-5-13(11-14)12-18-16(19)9-10-22(20,21)15-7-2-1-3-8-15/h1-8,11H,9-10,12H2,(H,18,19). The van der Waals surface area contributed by atoms with Crippen LogP contribution in [-0.2, 0) is 21.2 Å². The lowest BCUT2D eigenvalue weighted by Crippen LogP contribution is -2.25. The van der Waals surface area contributed by atoms with Crippen molar-refractivity contribution in [2.45, 2.75) is 17.9 Å². The molecule has 6 heteroatoms. The normalized spacial score (nSPS) is 11.1. The van der Waals surface area contributed by atoms with Gasteiger partial charge in [0.2, 0.25) is 5.91 Å². The van der Waals surface area contributed by atoms with Crippen LogP contribution in [0.3, 0.4) is 0 Å². The fraction of sp³-hybridized carbons (Fsp3) is 0.188. The fourth-order valence-corrected chi connectivity index (χ4v) is 3.38. The molecule has 0 radical (unpaired) electrons. The molecule has 0 aliphatic carbocycles. The van der Waals surface area contributed by atoms with E-state index in [0.717, 1.165) is 5.56 Å². The maximum atomic E-state index is 12.1. The van der Waals surface area contributed by atoms with Crippen LogP contribution in [0.15, 0.2) is 59.5 Å². The molecule has 2 rings (SSSR count). The van der Waals surface area contributed by atoms with E-state index >= 15 is 0 Å². The van der Waals surface area contributed by atoms with Gasteiger partial charge in [-0.2, -0.15) is 0 Å². The van der Waals surface area contributed by atoms with Gasteiger partial charge in [-0.15, -0.1) is 0 Å². The first-order valence-corrected chi connectivity index (χ1v) is 8.79. The number of sulfone groups is 1. The number of carbonyl (C=O) groups excluding carboxylic acids is 1. The average molecular weight is 338 g/mol. The Morgan fingerprint density at radius 2 is 1.77 bits per heavy atom. The van der Waals surface area contributed by atoms with Gasteiger partial charge in [0.25, 0.3) is 0 Å². The molecule has 0 aliphatic heterocycles. The van der Waals surface area contributed by atoms with Crippen LogP contribution in [0, 0.1) is 0 Å². The minimum Gasteiger partial charge on any atom is -0.352 e. The molecule has 4 nitrogen and oxygen atoms in total. The topological polar surface area (TPSA) is 63.2 Å². The molecule has 0 saturated heterocycles. The Balaban J connectivity index is 1.85. The van der Waals surface area contributed by atoms with E-state index in [9.17, 15) is 13.2 Å². The van der Waals surface area contributed by atoms with Crippen LogP contribution >= 0.6 is 11.6 Å². The third kappa shape index (κ3) is 4.86. The predicted octanol–water partition coefficient (Wildman–Crippen LogP) is 2.82. The first-order valence-electron chi connectivity index (χ1n) is 6.76. The Morgan fingerprint density at radius 1 is 1.05 bits per heavy atom. The van der Waals surface area contributed by atoms with Crippen molar-refractivity contribution >= 4 is 27.3 Å². The Hall–Kier alpha value is -1.85. The highest BCUT2D eigenvalue weighted by Gasteiger charge is 2.15. The second kappa shape index (κ2) is 7.42. The Bertz CT molecular complexity index is 745. The zero-order valence-electron chi connectivity index (χ0n) is 11.8. The van der Waals surface area contributed by atoms with Crippen molar-refractivity contribution in [3.8, 4) is 0 Å². The van der Waals surface area contributed by atoms with Gasteiger partial charge in [0, 0.05) is 18.0 Å². The van der Waals surface area contributed by atoms with Crippen molar-refractivity contribution in [2.75, 3.05) is 5.75 Å². The molecular weight excluding hydrogens is 322 g/mol. The molecule has 0 aromatic heterocycles. The number of nitrogens with one attached hydrogen (secondary N) is 1. The molecule has 0 saturated carbocycles. The third-order valence-electron chi connectivity index (χ3n) is 3.08. The van der Waals surface area contributed by atoms with Crippen LogP contribution in [0.4, 0.5) is 0 Å². The summed E-state index contributed by atoms with van der Waals surface area (Å²) >= 11 is 5.86. The summed E-state index contributed by atoms with van der Waals surface area (Å²) < 4.78 is 24.1. The third-order valence-corrected chi connectivity index (χ3v) is 5.05. The molecule has 22 heavy (non-hydrogen) atoms. The van der Waals surface area contributed by atoms with Crippen LogP contribution in [0.2, 0.25) is 5.02 Å². The number of halogens is 1. The van der Waals surface area contributed by atoms with E-state index in [1.807, 2.05) is 6.07 Å². The van der Waals surface area contributed by atoms with E-state index in [4.69, 9.17) is 11.6 Å². The van der Waals surface area contributed by atoms with Crippen molar-refractivity contribution in [3.63, 3.8) is 0 Å². The smallest absolute Gasteiger partial charge is 0.221 e. The van der Waals surface area contributed by atoms with Gasteiger partial charge < -0.3 is 5.32 Å².